The third-order valence-electron chi connectivity index (χ3n) is 5.06. The molecule has 0 saturated carbocycles. The van der Waals surface area contributed by atoms with Crippen LogP contribution in [0.4, 0.5) is 0 Å². The van der Waals surface area contributed by atoms with Crippen molar-refractivity contribution in [2.24, 2.45) is 0 Å². The standard InChI is InChI=1S/C24H32N2O6/c1-6-31-13-9-12-26(23(28)18-10-8-11-19(14-18)30-5)15-20(27)21-16(3)22(25-17(21)4)24(29)32-7-2/h8,10-11,14,25H,6-7,9,12-13,15H2,1-5H3. The highest BCUT2D eigenvalue weighted by Crippen LogP contribution is 2.21. The number of nitrogens with one attached hydrogen (secondary N) is 1. The quantitative estimate of drug-likeness (QED) is 0.305. The Morgan fingerprint density at radius 3 is 2.50 bits per heavy atom. The minimum absolute atomic E-state index is 0.121. The summed E-state index contributed by atoms with van der Waals surface area (Å²) in [6.07, 6.45) is 0.593. The molecule has 1 aromatic heterocycles. The highest BCUT2D eigenvalue weighted by atomic mass is 16.5. The van der Waals surface area contributed by atoms with Crippen molar-refractivity contribution in [3.8, 4) is 5.75 Å². The number of amides is 1. The van der Waals surface area contributed by atoms with Crippen molar-refractivity contribution >= 4 is 17.7 Å². The maximum Gasteiger partial charge on any atom is 0.355 e. The van der Waals surface area contributed by atoms with Crippen LogP contribution in [0.2, 0.25) is 0 Å². The number of aromatic amines is 1. The fourth-order valence-electron chi connectivity index (χ4n) is 3.52. The third-order valence-corrected chi connectivity index (χ3v) is 5.06. The molecule has 0 aliphatic heterocycles. The van der Waals surface area contributed by atoms with Gasteiger partial charge in [0.1, 0.15) is 11.4 Å². The summed E-state index contributed by atoms with van der Waals surface area (Å²) in [5.74, 6) is -0.467. The Kier molecular flexibility index (Phi) is 9.46. The molecule has 0 fully saturated rings. The molecule has 1 amide bonds. The van der Waals surface area contributed by atoms with Gasteiger partial charge in [0.15, 0.2) is 5.78 Å². The monoisotopic (exact) mass is 444 g/mol. The van der Waals surface area contributed by atoms with E-state index in [0.717, 1.165) is 0 Å². The number of esters is 1. The molecule has 8 heteroatoms. The molecule has 1 aromatic carbocycles. The number of ether oxygens (including phenoxy) is 3. The highest BCUT2D eigenvalue weighted by molar-refractivity contribution is 6.05. The number of rotatable bonds is 12. The van der Waals surface area contributed by atoms with Crippen LogP contribution in [-0.2, 0) is 9.47 Å². The summed E-state index contributed by atoms with van der Waals surface area (Å²) >= 11 is 0. The number of aryl methyl sites for hydroxylation is 1. The maximum atomic E-state index is 13.2. The van der Waals surface area contributed by atoms with Crippen molar-refractivity contribution in [3.05, 3.63) is 52.3 Å². The summed E-state index contributed by atoms with van der Waals surface area (Å²) in [6, 6.07) is 6.83. The number of nitrogens with zero attached hydrogens (tertiary/aromatic N) is 1. The Labute approximate surface area is 188 Å². The summed E-state index contributed by atoms with van der Waals surface area (Å²) in [6.45, 7) is 8.60. The molecule has 8 nitrogen and oxygen atoms in total. The van der Waals surface area contributed by atoms with Crippen LogP contribution in [0, 0.1) is 13.8 Å². The number of ketones is 1. The minimum atomic E-state index is -0.506. The lowest BCUT2D eigenvalue weighted by atomic mass is 10.0. The van der Waals surface area contributed by atoms with E-state index in [0.29, 0.717) is 54.3 Å². The van der Waals surface area contributed by atoms with Gasteiger partial charge < -0.3 is 24.1 Å². The molecular formula is C24H32N2O6. The first-order valence-corrected chi connectivity index (χ1v) is 10.7. The Hall–Kier alpha value is -3.13. The van der Waals surface area contributed by atoms with Crippen molar-refractivity contribution in [2.75, 3.05) is 40.0 Å². The van der Waals surface area contributed by atoms with Crippen LogP contribution in [0.25, 0.3) is 0 Å². The van der Waals surface area contributed by atoms with Gasteiger partial charge in [0.25, 0.3) is 5.91 Å². The number of hydrogen-bond acceptors (Lipinski definition) is 6. The average molecular weight is 445 g/mol. The molecule has 32 heavy (non-hydrogen) atoms. The summed E-state index contributed by atoms with van der Waals surface area (Å²) in [7, 11) is 1.53. The number of H-pyrrole nitrogens is 1. The van der Waals surface area contributed by atoms with Gasteiger partial charge in [0, 0.05) is 36.6 Å². The normalized spacial score (nSPS) is 10.7. The second-order valence-electron chi connectivity index (χ2n) is 7.28. The van der Waals surface area contributed by atoms with Gasteiger partial charge in [-0.05, 0) is 57.9 Å². The molecule has 1 heterocycles. The average Bonchev–Trinajstić information content (AvgIpc) is 3.09. The van der Waals surface area contributed by atoms with Crippen molar-refractivity contribution in [1.29, 1.82) is 0 Å². The van der Waals surface area contributed by atoms with Gasteiger partial charge in [-0.2, -0.15) is 0 Å². The van der Waals surface area contributed by atoms with Gasteiger partial charge in [0.05, 0.1) is 20.3 Å². The molecule has 0 radical (unpaired) electrons. The molecule has 174 valence electrons. The van der Waals surface area contributed by atoms with Crippen molar-refractivity contribution < 1.29 is 28.6 Å². The topological polar surface area (TPSA) is 97.9 Å². The summed E-state index contributed by atoms with van der Waals surface area (Å²) in [4.78, 5) is 43.1. The van der Waals surface area contributed by atoms with Crippen LogP contribution < -0.4 is 4.74 Å². The van der Waals surface area contributed by atoms with E-state index in [1.165, 1.54) is 12.0 Å². The molecular weight excluding hydrogens is 412 g/mol. The second kappa shape index (κ2) is 12.0. The zero-order valence-electron chi connectivity index (χ0n) is 19.4. The SMILES string of the molecule is CCOCCCN(CC(=O)c1c(C)[nH]c(C(=O)OCC)c1C)C(=O)c1cccc(OC)c1. The maximum absolute atomic E-state index is 13.2. The Balaban J connectivity index is 2.27. The van der Waals surface area contributed by atoms with Crippen molar-refractivity contribution in [1.82, 2.24) is 9.88 Å². The van der Waals surface area contributed by atoms with E-state index in [1.807, 2.05) is 6.92 Å². The van der Waals surface area contributed by atoms with Crippen molar-refractivity contribution in [2.45, 2.75) is 34.1 Å². The molecule has 0 unspecified atom stereocenters. The van der Waals surface area contributed by atoms with Crippen LogP contribution in [-0.4, -0.2) is 67.6 Å². The van der Waals surface area contributed by atoms with Crippen LogP contribution in [0.5, 0.6) is 5.75 Å². The fourth-order valence-corrected chi connectivity index (χ4v) is 3.52. The van der Waals surface area contributed by atoms with E-state index < -0.39 is 5.97 Å². The third kappa shape index (κ3) is 6.20. The lowest BCUT2D eigenvalue weighted by Crippen LogP contribution is -2.37. The lowest BCUT2D eigenvalue weighted by Gasteiger charge is -2.22. The van der Waals surface area contributed by atoms with Gasteiger partial charge in [-0.15, -0.1) is 0 Å². The van der Waals surface area contributed by atoms with E-state index in [-0.39, 0.29) is 30.5 Å². The van der Waals surface area contributed by atoms with E-state index in [1.54, 1.807) is 45.0 Å². The zero-order valence-corrected chi connectivity index (χ0v) is 19.4. The predicted molar refractivity (Wildman–Crippen MR) is 121 cm³/mol. The molecule has 0 bridgehead atoms. The molecule has 0 atom stereocenters. The molecule has 0 spiro atoms. The Morgan fingerprint density at radius 2 is 1.84 bits per heavy atom. The first-order valence-electron chi connectivity index (χ1n) is 10.7. The molecule has 0 aliphatic carbocycles. The number of benzene rings is 1. The Morgan fingerprint density at radius 1 is 1.09 bits per heavy atom. The zero-order chi connectivity index (χ0) is 23.7. The number of carbonyl (C=O) groups is 3. The lowest BCUT2D eigenvalue weighted by molar-refractivity contribution is 0.0519. The summed E-state index contributed by atoms with van der Waals surface area (Å²) in [5.41, 5.74) is 2.19. The van der Waals surface area contributed by atoms with E-state index >= 15 is 0 Å². The van der Waals surface area contributed by atoms with Gasteiger partial charge >= 0.3 is 5.97 Å². The highest BCUT2D eigenvalue weighted by Gasteiger charge is 2.26. The summed E-state index contributed by atoms with van der Waals surface area (Å²) < 4.78 is 15.7. The van der Waals surface area contributed by atoms with Crippen LogP contribution in [0.1, 0.15) is 62.7 Å². The first kappa shape index (κ1) is 25.1. The first-order chi connectivity index (χ1) is 15.3. The van der Waals surface area contributed by atoms with E-state index in [2.05, 4.69) is 4.98 Å². The number of hydrogen-bond donors (Lipinski definition) is 1. The van der Waals surface area contributed by atoms with Gasteiger partial charge in [0.2, 0.25) is 0 Å². The van der Waals surface area contributed by atoms with Crippen LogP contribution in [0.3, 0.4) is 0 Å². The van der Waals surface area contributed by atoms with E-state index in [9.17, 15) is 14.4 Å². The number of Topliss-reactive ketones (excluding diaryl/α,β-unsaturated/α-hetero) is 1. The Bertz CT molecular complexity index is 950. The molecule has 2 rings (SSSR count). The largest absolute Gasteiger partial charge is 0.497 e. The summed E-state index contributed by atoms with van der Waals surface area (Å²) in [5, 5.41) is 0. The minimum Gasteiger partial charge on any atom is -0.497 e. The van der Waals surface area contributed by atoms with Crippen LogP contribution >= 0.6 is 0 Å². The fraction of sp³-hybridized carbons (Fsp3) is 0.458. The number of aromatic nitrogens is 1. The van der Waals surface area contributed by atoms with Gasteiger partial charge in [-0.25, -0.2) is 4.79 Å². The number of carbonyl (C=O) groups excluding carboxylic acids is 3. The van der Waals surface area contributed by atoms with Crippen molar-refractivity contribution in [3.63, 3.8) is 0 Å². The molecule has 0 saturated heterocycles. The molecule has 1 N–H and O–H groups in total. The predicted octanol–water partition coefficient (Wildman–Crippen LogP) is 3.57. The van der Waals surface area contributed by atoms with Gasteiger partial charge in [-0.3, -0.25) is 9.59 Å². The van der Waals surface area contributed by atoms with E-state index in [4.69, 9.17) is 14.2 Å². The molecule has 2 aromatic rings. The smallest absolute Gasteiger partial charge is 0.355 e. The van der Waals surface area contributed by atoms with Gasteiger partial charge in [-0.1, -0.05) is 6.07 Å². The second-order valence-corrected chi connectivity index (χ2v) is 7.28. The van der Waals surface area contributed by atoms with Crippen LogP contribution in [0.15, 0.2) is 24.3 Å². The molecule has 0 aliphatic rings. The number of methoxy groups -OCH3 is 1.